The second kappa shape index (κ2) is 6.64. The molecule has 0 aliphatic heterocycles. The molecule has 0 atom stereocenters. The number of anilines is 1. The molecule has 2 aromatic carbocycles. The lowest BCUT2D eigenvalue weighted by Crippen LogP contribution is -2.16. The van der Waals surface area contributed by atoms with Gasteiger partial charge in [-0.2, -0.15) is 13.2 Å². The van der Waals surface area contributed by atoms with E-state index in [1.165, 1.54) is 24.3 Å². The predicted octanol–water partition coefficient (Wildman–Crippen LogP) is 5.87. The molecule has 3 aromatic rings. The third-order valence-electron chi connectivity index (χ3n) is 3.39. The molecular weight excluding hydrogens is 355 g/mol. The van der Waals surface area contributed by atoms with Crippen LogP contribution in [-0.4, -0.2) is 5.91 Å². The van der Waals surface area contributed by atoms with Crippen LogP contribution in [-0.2, 0) is 6.18 Å². The van der Waals surface area contributed by atoms with Gasteiger partial charge < -0.3 is 9.73 Å². The fourth-order valence-corrected chi connectivity index (χ4v) is 2.37. The van der Waals surface area contributed by atoms with Crippen LogP contribution >= 0.6 is 11.6 Å². The van der Waals surface area contributed by atoms with Gasteiger partial charge in [-0.15, -0.1) is 0 Å². The number of furan rings is 1. The first-order valence-corrected chi connectivity index (χ1v) is 7.56. The van der Waals surface area contributed by atoms with Crippen LogP contribution in [0.15, 0.2) is 65.1 Å². The van der Waals surface area contributed by atoms with E-state index in [9.17, 15) is 18.0 Å². The maximum Gasteiger partial charge on any atom is 0.450 e. The lowest BCUT2D eigenvalue weighted by molar-refractivity contribution is -0.153. The molecule has 1 heterocycles. The molecule has 7 heteroatoms. The molecule has 3 rings (SSSR count). The van der Waals surface area contributed by atoms with Gasteiger partial charge in [-0.05, 0) is 42.5 Å². The summed E-state index contributed by atoms with van der Waals surface area (Å²) in [6, 6.07) is 15.4. The molecule has 25 heavy (non-hydrogen) atoms. The Hall–Kier alpha value is -2.73. The third kappa shape index (κ3) is 3.85. The van der Waals surface area contributed by atoms with Gasteiger partial charge in [-0.25, -0.2) is 0 Å². The highest BCUT2D eigenvalue weighted by atomic mass is 35.5. The molecule has 0 aliphatic rings. The van der Waals surface area contributed by atoms with E-state index in [2.05, 4.69) is 5.32 Å². The topological polar surface area (TPSA) is 42.2 Å². The van der Waals surface area contributed by atoms with Crippen molar-refractivity contribution in [3.63, 3.8) is 0 Å². The summed E-state index contributed by atoms with van der Waals surface area (Å²) in [6.45, 7) is 0. The van der Waals surface area contributed by atoms with Crippen LogP contribution in [0.4, 0.5) is 18.9 Å². The summed E-state index contributed by atoms with van der Waals surface area (Å²) in [5, 5.41) is 2.86. The second-order valence-electron chi connectivity index (χ2n) is 5.18. The highest BCUT2D eigenvalue weighted by molar-refractivity contribution is 6.30. The van der Waals surface area contributed by atoms with E-state index in [-0.39, 0.29) is 5.76 Å². The van der Waals surface area contributed by atoms with Crippen molar-refractivity contribution in [2.45, 2.75) is 6.18 Å². The highest BCUT2D eigenvalue weighted by Crippen LogP contribution is 2.37. The number of carbonyl (C=O) groups excluding carboxylic acids is 1. The minimum absolute atomic E-state index is 0.0674. The van der Waals surface area contributed by atoms with Crippen LogP contribution in [0.3, 0.4) is 0 Å². The molecule has 0 unspecified atom stereocenters. The number of hydrogen-bond acceptors (Lipinski definition) is 2. The van der Waals surface area contributed by atoms with E-state index in [0.29, 0.717) is 16.3 Å². The van der Waals surface area contributed by atoms with Crippen molar-refractivity contribution in [1.82, 2.24) is 0 Å². The van der Waals surface area contributed by atoms with Crippen molar-refractivity contribution in [1.29, 1.82) is 0 Å². The summed E-state index contributed by atoms with van der Waals surface area (Å²) in [5.41, 5.74) is 0.185. The first-order chi connectivity index (χ1) is 11.8. The first kappa shape index (κ1) is 17.1. The molecule has 0 saturated heterocycles. The maximum atomic E-state index is 13.2. The van der Waals surface area contributed by atoms with E-state index in [0.717, 1.165) is 6.07 Å². The Balaban J connectivity index is 1.99. The van der Waals surface area contributed by atoms with Crippen LogP contribution in [0.5, 0.6) is 0 Å². The maximum absolute atomic E-state index is 13.2. The van der Waals surface area contributed by atoms with Gasteiger partial charge in [-0.1, -0.05) is 29.8 Å². The van der Waals surface area contributed by atoms with E-state index >= 15 is 0 Å². The monoisotopic (exact) mass is 365 g/mol. The zero-order chi connectivity index (χ0) is 18.0. The Morgan fingerprint density at radius 3 is 2.24 bits per heavy atom. The minimum Gasteiger partial charge on any atom is -0.451 e. The summed E-state index contributed by atoms with van der Waals surface area (Å²) in [7, 11) is 0. The first-order valence-electron chi connectivity index (χ1n) is 7.18. The highest BCUT2D eigenvalue weighted by Gasteiger charge is 2.40. The number of halogens is 4. The predicted molar refractivity (Wildman–Crippen MR) is 88.6 cm³/mol. The summed E-state index contributed by atoms with van der Waals surface area (Å²) < 4.78 is 44.7. The number of benzene rings is 2. The fraction of sp³-hybridized carbons (Fsp3) is 0.0556. The Morgan fingerprint density at radius 1 is 1.00 bits per heavy atom. The Morgan fingerprint density at radius 2 is 1.64 bits per heavy atom. The average molecular weight is 366 g/mol. The molecule has 0 radical (unpaired) electrons. The van der Waals surface area contributed by atoms with Crippen molar-refractivity contribution in [2.75, 3.05) is 5.32 Å². The van der Waals surface area contributed by atoms with Crippen molar-refractivity contribution in [2.24, 2.45) is 0 Å². The van der Waals surface area contributed by atoms with E-state index in [1.54, 1.807) is 30.3 Å². The Bertz CT molecular complexity index is 887. The number of para-hydroxylation sites is 1. The Labute approximate surface area is 146 Å². The number of rotatable bonds is 3. The van der Waals surface area contributed by atoms with Crippen molar-refractivity contribution in [3.05, 3.63) is 77.0 Å². The van der Waals surface area contributed by atoms with Gasteiger partial charge in [0, 0.05) is 16.3 Å². The van der Waals surface area contributed by atoms with E-state index in [1.807, 2.05) is 0 Å². The van der Waals surface area contributed by atoms with E-state index < -0.39 is 23.4 Å². The standard InChI is InChI=1S/C18H11ClF3NO2/c19-12-8-6-11(7-9-12)15-10-14(16(25-15)18(20,21)22)17(24)23-13-4-2-1-3-5-13/h1-10H,(H,23,24). The average Bonchev–Trinajstić information content (AvgIpc) is 3.02. The van der Waals surface area contributed by atoms with Crippen LogP contribution < -0.4 is 5.32 Å². The van der Waals surface area contributed by atoms with Crippen molar-refractivity contribution < 1.29 is 22.4 Å². The molecule has 0 saturated carbocycles. The van der Waals surface area contributed by atoms with Crippen LogP contribution in [0.25, 0.3) is 11.3 Å². The van der Waals surface area contributed by atoms with Gasteiger partial charge in [0.25, 0.3) is 5.91 Å². The molecule has 1 N–H and O–H groups in total. The van der Waals surface area contributed by atoms with Gasteiger partial charge in [-0.3, -0.25) is 4.79 Å². The molecule has 1 aromatic heterocycles. The second-order valence-corrected chi connectivity index (χ2v) is 5.61. The number of hydrogen-bond donors (Lipinski definition) is 1. The van der Waals surface area contributed by atoms with Crippen molar-refractivity contribution >= 4 is 23.2 Å². The van der Waals surface area contributed by atoms with E-state index in [4.69, 9.17) is 16.0 Å². The smallest absolute Gasteiger partial charge is 0.450 e. The molecule has 0 bridgehead atoms. The van der Waals surface area contributed by atoms with Crippen LogP contribution in [0, 0.1) is 0 Å². The molecule has 3 nitrogen and oxygen atoms in total. The van der Waals surface area contributed by atoms with Gasteiger partial charge in [0.2, 0.25) is 5.76 Å². The van der Waals surface area contributed by atoms with Crippen LogP contribution in [0.2, 0.25) is 5.02 Å². The molecule has 128 valence electrons. The molecular formula is C18H11ClF3NO2. The number of nitrogens with one attached hydrogen (secondary N) is 1. The summed E-state index contributed by atoms with van der Waals surface area (Å²) in [5.74, 6) is -2.31. The minimum atomic E-state index is -4.80. The van der Waals surface area contributed by atoms with Gasteiger partial charge in [0.1, 0.15) is 5.76 Å². The lowest BCUT2D eigenvalue weighted by atomic mass is 10.1. The number of alkyl halides is 3. The molecule has 1 amide bonds. The SMILES string of the molecule is O=C(Nc1ccccc1)c1cc(-c2ccc(Cl)cc2)oc1C(F)(F)F. The number of carbonyl (C=O) groups is 1. The Kier molecular flexibility index (Phi) is 4.55. The zero-order valence-corrected chi connectivity index (χ0v) is 13.4. The van der Waals surface area contributed by atoms with Gasteiger partial charge in [0.05, 0.1) is 5.56 Å². The normalized spacial score (nSPS) is 11.4. The van der Waals surface area contributed by atoms with Crippen molar-refractivity contribution in [3.8, 4) is 11.3 Å². The quantitative estimate of drug-likeness (QED) is 0.630. The summed E-state index contributed by atoms with van der Waals surface area (Å²) >= 11 is 5.77. The lowest BCUT2D eigenvalue weighted by Gasteiger charge is -2.07. The largest absolute Gasteiger partial charge is 0.451 e. The summed E-state index contributed by atoms with van der Waals surface area (Å²) in [4.78, 5) is 12.3. The number of amides is 1. The van der Waals surface area contributed by atoms with Crippen LogP contribution in [0.1, 0.15) is 16.1 Å². The third-order valence-corrected chi connectivity index (χ3v) is 3.65. The molecule has 0 spiro atoms. The van der Waals surface area contributed by atoms with Gasteiger partial charge >= 0.3 is 6.18 Å². The fourth-order valence-electron chi connectivity index (χ4n) is 2.25. The van der Waals surface area contributed by atoms with Gasteiger partial charge in [0.15, 0.2) is 0 Å². The zero-order valence-electron chi connectivity index (χ0n) is 12.6. The molecule has 0 aliphatic carbocycles. The molecule has 0 fully saturated rings. The summed E-state index contributed by atoms with van der Waals surface area (Å²) in [6.07, 6.45) is -4.80.